The van der Waals surface area contributed by atoms with Crippen molar-refractivity contribution in [3.8, 4) is 0 Å². The van der Waals surface area contributed by atoms with E-state index in [4.69, 9.17) is 16.6 Å². The van der Waals surface area contributed by atoms with Crippen LogP contribution in [-0.4, -0.2) is 40.6 Å². The van der Waals surface area contributed by atoms with Crippen molar-refractivity contribution >= 4 is 35.1 Å². The summed E-state index contributed by atoms with van der Waals surface area (Å²) in [5.41, 5.74) is 0.681. The molecule has 1 atom stereocenters. The number of nitrogens with zero attached hydrogens (tertiary/aromatic N) is 2. The molecule has 1 aliphatic heterocycles. The average molecular weight is 578 g/mol. The Morgan fingerprint density at radius 3 is 2.38 bits per heavy atom. The number of halogens is 2. The molecule has 7 nitrogen and oxygen atoms in total. The third-order valence-electron chi connectivity index (χ3n) is 8.04. The second-order valence-electron chi connectivity index (χ2n) is 11.6. The number of hydrogen-bond donors (Lipinski definition) is 1. The van der Waals surface area contributed by atoms with Gasteiger partial charge in [0.1, 0.15) is 17.2 Å². The minimum atomic E-state index is -1.24. The Bertz CT molecular complexity index is 1300. The normalized spacial score (nSPS) is 21.6. The average Bonchev–Trinajstić information content (AvgIpc) is 3.15. The maximum Gasteiger partial charge on any atom is 1.00 e. The van der Waals surface area contributed by atoms with Crippen LogP contribution in [0.5, 0.6) is 0 Å². The fraction of sp³-hybridized carbons (Fsp3) is 0.467. The number of rotatable bonds is 7. The Kier molecular flexibility index (Phi) is 10.3. The van der Waals surface area contributed by atoms with Gasteiger partial charge in [-0.2, -0.15) is 0 Å². The van der Waals surface area contributed by atoms with E-state index < -0.39 is 29.4 Å². The van der Waals surface area contributed by atoms with Crippen molar-refractivity contribution in [2.45, 2.75) is 71.5 Å². The summed E-state index contributed by atoms with van der Waals surface area (Å²) in [4.78, 5) is 43.7. The molecule has 1 heterocycles. The number of carbonyl (C=O) groups is 3. The first kappa shape index (κ1) is 32.3. The van der Waals surface area contributed by atoms with Crippen LogP contribution >= 0.6 is 11.6 Å². The van der Waals surface area contributed by atoms with E-state index >= 15 is 0 Å². The molecule has 0 aromatic heterocycles. The molecular formula is C30H34ClFN3NaO4. The summed E-state index contributed by atoms with van der Waals surface area (Å²) in [5, 5.41) is 13.5. The van der Waals surface area contributed by atoms with Gasteiger partial charge in [0.15, 0.2) is 0 Å². The molecule has 0 unspecified atom stereocenters. The van der Waals surface area contributed by atoms with E-state index in [0.29, 0.717) is 29.3 Å². The number of benzene rings is 2. The molecule has 0 radical (unpaired) electrons. The van der Waals surface area contributed by atoms with E-state index in [1.165, 1.54) is 18.2 Å². The molecule has 1 fully saturated rings. The molecule has 40 heavy (non-hydrogen) atoms. The zero-order valence-electron chi connectivity index (χ0n) is 23.7. The fourth-order valence-corrected chi connectivity index (χ4v) is 5.92. The summed E-state index contributed by atoms with van der Waals surface area (Å²) in [5.74, 6) is -2.05. The van der Waals surface area contributed by atoms with Crippen molar-refractivity contribution in [1.82, 2.24) is 10.2 Å². The molecule has 1 aliphatic carbocycles. The third-order valence-corrected chi connectivity index (χ3v) is 8.28. The van der Waals surface area contributed by atoms with Crippen molar-refractivity contribution in [3.05, 3.63) is 70.0 Å². The van der Waals surface area contributed by atoms with Crippen LogP contribution < -0.4 is 40.0 Å². The van der Waals surface area contributed by atoms with Gasteiger partial charge in [-0.3, -0.25) is 14.6 Å². The number of carbonyl (C=O) groups excluding carboxylic acids is 3. The largest absolute Gasteiger partial charge is 1.00 e. The molecule has 4 rings (SSSR count). The smallest absolute Gasteiger partial charge is 0.550 e. The van der Waals surface area contributed by atoms with Crippen molar-refractivity contribution < 1.29 is 53.4 Å². The van der Waals surface area contributed by atoms with Crippen LogP contribution in [0.4, 0.5) is 4.39 Å². The Hall–Kier alpha value is -2.26. The van der Waals surface area contributed by atoms with Gasteiger partial charge in [0.05, 0.1) is 6.04 Å². The van der Waals surface area contributed by atoms with E-state index in [2.05, 4.69) is 26.1 Å². The van der Waals surface area contributed by atoms with Gasteiger partial charge in [0.2, 0.25) is 0 Å². The minimum Gasteiger partial charge on any atom is -0.550 e. The quantitative estimate of drug-likeness (QED) is 0.506. The standard InChI is InChI=1S/C30H35ClFN3O4.Na/c1-18(19-5-7-20(8-6-19)27(38)33-16-13-25(36)37)35-28(39)26(23-17-22(31)9-10-24(23)32)34-30(35)14-11-21(12-15-30)29(2,3)4;/h5-10,17-18,21H,11-16H2,1-4H3,(H,33,38)(H,36,37);/q;+1/p-1/t18-,21?,30?;/m1./s1. The van der Waals surface area contributed by atoms with Crippen LogP contribution in [0, 0.1) is 17.2 Å². The molecule has 1 spiro atoms. The van der Waals surface area contributed by atoms with Crippen molar-refractivity contribution in [2.24, 2.45) is 16.3 Å². The monoisotopic (exact) mass is 577 g/mol. The molecule has 2 amide bonds. The summed E-state index contributed by atoms with van der Waals surface area (Å²) in [7, 11) is 0. The number of aliphatic imine (C=N–C) groups is 1. The molecule has 0 bridgehead atoms. The van der Waals surface area contributed by atoms with E-state index in [1.807, 2.05) is 6.92 Å². The van der Waals surface area contributed by atoms with Crippen LogP contribution in [0.25, 0.3) is 0 Å². The number of carboxylic acids is 1. The molecule has 2 aromatic carbocycles. The second-order valence-corrected chi connectivity index (χ2v) is 12.0. The number of carboxylic acid groups (broad SMARTS) is 1. The summed E-state index contributed by atoms with van der Waals surface area (Å²) in [6.45, 7) is 8.56. The first-order valence-corrected chi connectivity index (χ1v) is 13.7. The summed E-state index contributed by atoms with van der Waals surface area (Å²) in [6, 6.07) is 10.6. The second kappa shape index (κ2) is 12.7. The topological polar surface area (TPSA) is 102 Å². The van der Waals surface area contributed by atoms with E-state index in [1.54, 1.807) is 29.2 Å². The fourth-order valence-electron chi connectivity index (χ4n) is 5.74. The molecule has 208 valence electrons. The first-order chi connectivity index (χ1) is 18.3. The van der Waals surface area contributed by atoms with Gasteiger partial charge < -0.3 is 20.1 Å². The molecule has 10 heteroatoms. The van der Waals surface area contributed by atoms with Gasteiger partial charge in [-0.15, -0.1) is 0 Å². The van der Waals surface area contributed by atoms with Gasteiger partial charge in [-0.25, -0.2) is 4.39 Å². The van der Waals surface area contributed by atoms with Crippen LogP contribution in [-0.2, 0) is 9.59 Å². The Morgan fingerprint density at radius 1 is 1.18 bits per heavy atom. The maximum absolute atomic E-state index is 14.9. The van der Waals surface area contributed by atoms with E-state index in [0.717, 1.165) is 18.4 Å². The van der Waals surface area contributed by atoms with Crippen LogP contribution in [0.1, 0.15) is 87.3 Å². The zero-order chi connectivity index (χ0) is 28.5. The number of aliphatic carboxylic acids is 1. The van der Waals surface area contributed by atoms with Gasteiger partial charge in [-0.05, 0) is 79.8 Å². The minimum absolute atomic E-state index is 0. The third kappa shape index (κ3) is 6.78. The van der Waals surface area contributed by atoms with Crippen molar-refractivity contribution in [1.29, 1.82) is 0 Å². The molecule has 2 aromatic rings. The first-order valence-electron chi connectivity index (χ1n) is 13.3. The molecule has 1 saturated carbocycles. The number of hydrogen-bond acceptors (Lipinski definition) is 5. The Morgan fingerprint density at radius 2 is 1.80 bits per heavy atom. The summed E-state index contributed by atoms with van der Waals surface area (Å²) >= 11 is 6.16. The Labute approximate surface area is 261 Å². The Balaban J connectivity index is 0.00000441. The molecular weight excluding hydrogens is 544 g/mol. The van der Waals surface area contributed by atoms with E-state index in [9.17, 15) is 23.9 Å². The van der Waals surface area contributed by atoms with Crippen molar-refractivity contribution in [3.63, 3.8) is 0 Å². The number of amides is 2. The molecule has 0 saturated heterocycles. The van der Waals surface area contributed by atoms with E-state index in [-0.39, 0.29) is 65.1 Å². The predicted octanol–water partition coefficient (Wildman–Crippen LogP) is 1.68. The van der Waals surface area contributed by atoms with Crippen LogP contribution in [0.15, 0.2) is 47.5 Å². The molecule has 2 aliphatic rings. The predicted molar refractivity (Wildman–Crippen MR) is 146 cm³/mol. The maximum atomic E-state index is 14.9. The van der Waals surface area contributed by atoms with Gasteiger partial charge >= 0.3 is 29.6 Å². The van der Waals surface area contributed by atoms with Crippen LogP contribution in [0.2, 0.25) is 5.02 Å². The van der Waals surface area contributed by atoms with Gasteiger partial charge in [0.25, 0.3) is 11.8 Å². The van der Waals surface area contributed by atoms with Crippen LogP contribution in [0.3, 0.4) is 0 Å². The van der Waals surface area contributed by atoms with Gasteiger partial charge in [-0.1, -0.05) is 44.5 Å². The number of nitrogens with one attached hydrogen (secondary N) is 1. The SMILES string of the molecule is C[C@H](c1ccc(C(=O)NCCC(=O)[O-])cc1)N1C(=O)C(c2cc(Cl)ccc2F)=NC12CCC(C(C)(C)C)CC2.[Na+]. The zero-order valence-corrected chi connectivity index (χ0v) is 26.5. The van der Waals surface area contributed by atoms with Crippen molar-refractivity contribution in [2.75, 3.05) is 6.54 Å². The van der Waals surface area contributed by atoms with Gasteiger partial charge in [0, 0.05) is 35.1 Å². The summed E-state index contributed by atoms with van der Waals surface area (Å²) < 4.78 is 14.9. The molecule has 1 N–H and O–H groups in total. The summed E-state index contributed by atoms with van der Waals surface area (Å²) in [6.07, 6.45) is 2.83.